The quantitative estimate of drug-likeness (QED) is 0.804. The van der Waals surface area contributed by atoms with Crippen LogP contribution in [0.5, 0.6) is 11.5 Å². The Morgan fingerprint density at radius 1 is 1.60 bits per heavy atom. The van der Waals surface area contributed by atoms with Crippen LogP contribution in [0.3, 0.4) is 0 Å². The number of fused-ring (bicyclic) bond motifs is 1. The third kappa shape index (κ3) is 1.65. The van der Waals surface area contributed by atoms with Gasteiger partial charge in [0.25, 0.3) is 0 Å². The summed E-state index contributed by atoms with van der Waals surface area (Å²) in [6.07, 6.45) is 0. The van der Waals surface area contributed by atoms with Crippen molar-refractivity contribution in [1.82, 2.24) is 0 Å². The second kappa shape index (κ2) is 3.89. The fourth-order valence-electron chi connectivity index (χ4n) is 1.68. The molecule has 1 aliphatic heterocycles. The predicted octanol–water partition coefficient (Wildman–Crippen LogP) is 1.37. The number of ether oxygens (including phenoxy) is 2. The number of rotatable bonds is 2. The topological polar surface area (TPSA) is 64.7 Å². The Morgan fingerprint density at radius 2 is 2.33 bits per heavy atom. The average molecular weight is 230 g/mol. The summed E-state index contributed by atoms with van der Waals surface area (Å²) in [5.41, 5.74) is 7.36. The molecule has 0 aromatic heterocycles. The van der Waals surface area contributed by atoms with Gasteiger partial charge in [-0.2, -0.15) is 0 Å². The molecule has 0 radical (unpaired) electrons. The number of hydrogen-bond donors (Lipinski definition) is 2. The highest BCUT2D eigenvalue weighted by molar-refractivity contribution is 6.33. The molecule has 0 saturated heterocycles. The van der Waals surface area contributed by atoms with E-state index in [0.29, 0.717) is 22.1 Å². The van der Waals surface area contributed by atoms with Gasteiger partial charge in [-0.15, -0.1) is 0 Å². The van der Waals surface area contributed by atoms with Crippen LogP contribution < -0.4 is 15.2 Å². The Labute approximate surface area is 92.5 Å². The van der Waals surface area contributed by atoms with Gasteiger partial charge >= 0.3 is 0 Å². The molecule has 1 aromatic carbocycles. The standard InChI is InChI=1S/C10H12ClNO3/c1-5-2-7-10(15-4-14-7)9(11)8(5)6(12)3-13/h2,6,13H,3-4,12H2,1H3. The summed E-state index contributed by atoms with van der Waals surface area (Å²) in [5.74, 6) is 1.15. The van der Waals surface area contributed by atoms with Crippen LogP contribution in [0.1, 0.15) is 17.2 Å². The second-order valence-electron chi connectivity index (χ2n) is 3.44. The Balaban J connectivity index is 2.56. The molecule has 0 amide bonds. The SMILES string of the molecule is Cc1cc2c(c(Cl)c1C(N)CO)OCO2. The minimum absolute atomic E-state index is 0.153. The first-order chi connectivity index (χ1) is 7.15. The lowest BCUT2D eigenvalue weighted by atomic mass is 10.0. The summed E-state index contributed by atoms with van der Waals surface area (Å²) < 4.78 is 10.4. The van der Waals surface area contributed by atoms with Gasteiger partial charge in [0, 0.05) is 0 Å². The van der Waals surface area contributed by atoms with Gasteiger partial charge < -0.3 is 20.3 Å². The lowest BCUT2D eigenvalue weighted by Crippen LogP contribution is -2.16. The highest BCUT2D eigenvalue weighted by atomic mass is 35.5. The summed E-state index contributed by atoms with van der Waals surface area (Å²) in [4.78, 5) is 0. The molecule has 0 bridgehead atoms. The maximum Gasteiger partial charge on any atom is 0.231 e. The summed E-state index contributed by atoms with van der Waals surface area (Å²) >= 11 is 6.14. The third-order valence-electron chi connectivity index (χ3n) is 2.42. The van der Waals surface area contributed by atoms with Gasteiger partial charge in [-0.05, 0) is 24.1 Å². The van der Waals surface area contributed by atoms with Gasteiger partial charge in [-0.25, -0.2) is 0 Å². The van der Waals surface area contributed by atoms with E-state index in [9.17, 15) is 0 Å². The van der Waals surface area contributed by atoms with E-state index in [0.717, 1.165) is 5.56 Å². The van der Waals surface area contributed by atoms with Gasteiger partial charge in [0.2, 0.25) is 6.79 Å². The molecule has 0 aliphatic carbocycles. The van der Waals surface area contributed by atoms with E-state index in [-0.39, 0.29) is 13.4 Å². The zero-order chi connectivity index (χ0) is 11.0. The van der Waals surface area contributed by atoms with Crippen LogP contribution >= 0.6 is 11.6 Å². The Morgan fingerprint density at radius 3 is 3.00 bits per heavy atom. The molecule has 1 aliphatic rings. The molecular weight excluding hydrogens is 218 g/mol. The van der Waals surface area contributed by atoms with Crippen LogP contribution in [-0.4, -0.2) is 18.5 Å². The Kier molecular flexibility index (Phi) is 2.73. The molecule has 15 heavy (non-hydrogen) atoms. The minimum atomic E-state index is -0.494. The van der Waals surface area contributed by atoms with Crippen molar-refractivity contribution in [2.45, 2.75) is 13.0 Å². The van der Waals surface area contributed by atoms with Crippen LogP contribution in [0.15, 0.2) is 6.07 Å². The van der Waals surface area contributed by atoms with E-state index in [1.165, 1.54) is 0 Å². The van der Waals surface area contributed by atoms with E-state index >= 15 is 0 Å². The van der Waals surface area contributed by atoms with Crippen molar-refractivity contribution in [2.75, 3.05) is 13.4 Å². The lowest BCUT2D eigenvalue weighted by molar-refractivity contribution is 0.174. The summed E-state index contributed by atoms with van der Waals surface area (Å²) in [7, 11) is 0. The van der Waals surface area contributed by atoms with Crippen LogP contribution in [0, 0.1) is 6.92 Å². The predicted molar refractivity (Wildman–Crippen MR) is 56.3 cm³/mol. The Bertz CT molecular complexity index is 395. The normalized spacial score (nSPS) is 15.5. The number of nitrogens with two attached hydrogens (primary N) is 1. The van der Waals surface area contributed by atoms with Crippen LogP contribution in [0.25, 0.3) is 0 Å². The molecule has 82 valence electrons. The molecular formula is C10H12ClNO3. The van der Waals surface area contributed by atoms with Crippen LogP contribution in [0.4, 0.5) is 0 Å². The minimum Gasteiger partial charge on any atom is -0.454 e. The van der Waals surface area contributed by atoms with Crippen molar-refractivity contribution in [1.29, 1.82) is 0 Å². The van der Waals surface area contributed by atoms with E-state index < -0.39 is 6.04 Å². The number of aliphatic hydroxyl groups excluding tert-OH is 1. The summed E-state index contributed by atoms with van der Waals surface area (Å²) in [5, 5.41) is 9.46. The molecule has 1 heterocycles. The summed E-state index contributed by atoms with van der Waals surface area (Å²) in [6, 6.07) is 1.32. The first-order valence-corrected chi connectivity index (χ1v) is 4.98. The molecule has 4 nitrogen and oxygen atoms in total. The van der Waals surface area contributed by atoms with Gasteiger partial charge in [-0.1, -0.05) is 11.6 Å². The van der Waals surface area contributed by atoms with Crippen molar-refractivity contribution in [2.24, 2.45) is 5.73 Å². The van der Waals surface area contributed by atoms with E-state index in [2.05, 4.69) is 0 Å². The average Bonchev–Trinajstić information content (AvgIpc) is 2.65. The molecule has 1 atom stereocenters. The van der Waals surface area contributed by atoms with E-state index in [1.54, 1.807) is 0 Å². The van der Waals surface area contributed by atoms with Gasteiger partial charge in [-0.3, -0.25) is 0 Å². The largest absolute Gasteiger partial charge is 0.454 e. The van der Waals surface area contributed by atoms with Crippen LogP contribution in [0.2, 0.25) is 5.02 Å². The van der Waals surface area contributed by atoms with Gasteiger partial charge in [0.15, 0.2) is 11.5 Å². The number of benzene rings is 1. The van der Waals surface area contributed by atoms with E-state index in [1.807, 2.05) is 13.0 Å². The number of hydrogen-bond acceptors (Lipinski definition) is 4. The number of aliphatic hydroxyl groups is 1. The number of halogens is 1. The molecule has 2 rings (SSSR count). The molecule has 1 unspecified atom stereocenters. The van der Waals surface area contributed by atoms with Crippen molar-refractivity contribution in [3.63, 3.8) is 0 Å². The highest BCUT2D eigenvalue weighted by Gasteiger charge is 2.24. The van der Waals surface area contributed by atoms with Crippen LogP contribution in [-0.2, 0) is 0 Å². The first-order valence-electron chi connectivity index (χ1n) is 4.60. The molecule has 5 heteroatoms. The zero-order valence-corrected chi connectivity index (χ0v) is 9.04. The fraction of sp³-hybridized carbons (Fsp3) is 0.400. The fourth-order valence-corrected chi connectivity index (χ4v) is 2.12. The Hall–Kier alpha value is -0.970. The maximum atomic E-state index is 9.03. The van der Waals surface area contributed by atoms with E-state index in [4.69, 9.17) is 31.9 Å². The van der Waals surface area contributed by atoms with Gasteiger partial charge in [0.05, 0.1) is 17.7 Å². The van der Waals surface area contributed by atoms with Crippen molar-refractivity contribution in [3.05, 3.63) is 22.2 Å². The zero-order valence-electron chi connectivity index (χ0n) is 8.29. The van der Waals surface area contributed by atoms with Crippen molar-refractivity contribution in [3.8, 4) is 11.5 Å². The van der Waals surface area contributed by atoms with Crippen molar-refractivity contribution < 1.29 is 14.6 Å². The monoisotopic (exact) mass is 229 g/mol. The van der Waals surface area contributed by atoms with Crippen molar-refractivity contribution >= 4 is 11.6 Å². The second-order valence-corrected chi connectivity index (χ2v) is 3.82. The first kappa shape index (κ1) is 10.5. The molecule has 1 aromatic rings. The number of aryl methyl sites for hydroxylation is 1. The third-order valence-corrected chi connectivity index (χ3v) is 2.79. The molecule has 0 fully saturated rings. The molecule has 0 saturated carbocycles. The molecule has 3 N–H and O–H groups in total. The smallest absolute Gasteiger partial charge is 0.231 e. The lowest BCUT2D eigenvalue weighted by Gasteiger charge is -2.15. The molecule has 0 spiro atoms. The maximum absolute atomic E-state index is 9.03. The van der Waals surface area contributed by atoms with Gasteiger partial charge in [0.1, 0.15) is 0 Å². The summed E-state index contributed by atoms with van der Waals surface area (Å²) in [6.45, 7) is 1.89. The highest BCUT2D eigenvalue weighted by Crippen LogP contribution is 2.43.